The van der Waals surface area contributed by atoms with Crippen LogP contribution in [0.1, 0.15) is 48.6 Å². The summed E-state index contributed by atoms with van der Waals surface area (Å²) in [7, 11) is 1.81. The minimum absolute atomic E-state index is 0.0417. The molecule has 1 N–H and O–H groups in total. The lowest BCUT2D eigenvalue weighted by molar-refractivity contribution is 0.218. The lowest BCUT2D eigenvalue weighted by Crippen LogP contribution is -2.35. The van der Waals surface area contributed by atoms with Crippen molar-refractivity contribution in [3.8, 4) is 0 Å². The van der Waals surface area contributed by atoms with E-state index in [1.807, 2.05) is 13.1 Å². The van der Waals surface area contributed by atoms with E-state index in [1.54, 1.807) is 4.90 Å². The second-order valence-electron chi connectivity index (χ2n) is 6.00. The summed E-state index contributed by atoms with van der Waals surface area (Å²) in [5.74, 6) is 0.597. The Morgan fingerprint density at radius 2 is 2.05 bits per heavy atom. The molecule has 1 aromatic rings. The van der Waals surface area contributed by atoms with Crippen molar-refractivity contribution in [2.45, 2.75) is 44.0 Å². The highest BCUT2D eigenvalue weighted by molar-refractivity contribution is 6.21. The predicted octanol–water partition coefficient (Wildman–Crippen LogP) is 4.52. The van der Waals surface area contributed by atoms with Gasteiger partial charge in [0.15, 0.2) is 0 Å². The van der Waals surface area contributed by atoms with Crippen molar-refractivity contribution in [1.29, 1.82) is 0 Å². The molecule has 1 aromatic carbocycles. The van der Waals surface area contributed by atoms with Crippen LogP contribution in [0.5, 0.6) is 0 Å². The largest absolute Gasteiger partial charge is 0.323 e. The van der Waals surface area contributed by atoms with Gasteiger partial charge in [-0.05, 0) is 36.0 Å². The number of amides is 2. The molecule has 1 fully saturated rings. The van der Waals surface area contributed by atoms with E-state index in [-0.39, 0.29) is 11.4 Å². The number of alkyl halides is 1. The maximum atomic E-state index is 11.6. The molecule has 2 aliphatic rings. The smallest absolute Gasteiger partial charge is 0.321 e. The summed E-state index contributed by atoms with van der Waals surface area (Å²) in [6, 6.07) is 6.18. The van der Waals surface area contributed by atoms with Crippen LogP contribution in [0.25, 0.3) is 0 Å². The SMILES string of the molecule is CN1Cc2cc(C(Cl)C3CCCCC3)ccc2NC1=O. The monoisotopic (exact) mass is 292 g/mol. The lowest BCUT2D eigenvalue weighted by Gasteiger charge is -2.29. The molecule has 3 rings (SSSR count). The van der Waals surface area contributed by atoms with Gasteiger partial charge < -0.3 is 10.2 Å². The molecule has 3 nitrogen and oxygen atoms in total. The third kappa shape index (κ3) is 2.64. The Kier molecular flexibility index (Phi) is 3.88. The third-order valence-electron chi connectivity index (χ3n) is 4.51. The number of rotatable bonds is 2. The molecule has 1 atom stereocenters. The first-order valence-electron chi connectivity index (χ1n) is 7.44. The predicted molar refractivity (Wildman–Crippen MR) is 82.1 cm³/mol. The second-order valence-corrected chi connectivity index (χ2v) is 6.47. The molecule has 1 aliphatic heterocycles. The van der Waals surface area contributed by atoms with Crippen molar-refractivity contribution < 1.29 is 4.79 Å². The maximum Gasteiger partial charge on any atom is 0.321 e. The molecule has 108 valence electrons. The molecule has 1 unspecified atom stereocenters. The van der Waals surface area contributed by atoms with Crippen molar-refractivity contribution in [1.82, 2.24) is 4.90 Å². The van der Waals surface area contributed by atoms with Gasteiger partial charge in [-0.3, -0.25) is 0 Å². The first-order valence-corrected chi connectivity index (χ1v) is 7.88. The zero-order valence-corrected chi connectivity index (χ0v) is 12.6. The number of anilines is 1. The number of nitrogens with zero attached hydrogens (tertiary/aromatic N) is 1. The Morgan fingerprint density at radius 1 is 1.30 bits per heavy atom. The van der Waals surface area contributed by atoms with Crippen molar-refractivity contribution in [2.24, 2.45) is 5.92 Å². The molecule has 1 saturated carbocycles. The number of nitrogens with one attached hydrogen (secondary N) is 1. The van der Waals surface area contributed by atoms with Gasteiger partial charge in [-0.15, -0.1) is 11.6 Å². The van der Waals surface area contributed by atoms with Crippen molar-refractivity contribution in [3.05, 3.63) is 29.3 Å². The van der Waals surface area contributed by atoms with E-state index in [9.17, 15) is 4.79 Å². The standard InChI is InChI=1S/C16H21ClN2O/c1-19-10-13-9-12(7-8-14(13)18-16(19)20)15(17)11-5-3-2-4-6-11/h7-9,11,15H,2-6,10H2,1H3,(H,18,20). The van der Waals surface area contributed by atoms with Crippen LogP contribution in [0, 0.1) is 5.92 Å². The number of benzene rings is 1. The number of halogens is 1. The molecule has 0 radical (unpaired) electrons. The molecule has 20 heavy (non-hydrogen) atoms. The minimum atomic E-state index is -0.0417. The van der Waals surface area contributed by atoms with Gasteiger partial charge in [-0.25, -0.2) is 4.79 Å². The fraction of sp³-hybridized carbons (Fsp3) is 0.562. The number of carbonyl (C=O) groups is 1. The highest BCUT2D eigenvalue weighted by Gasteiger charge is 2.25. The first kappa shape index (κ1) is 13.7. The molecular weight excluding hydrogens is 272 g/mol. The van der Waals surface area contributed by atoms with Gasteiger partial charge in [0, 0.05) is 19.3 Å². The van der Waals surface area contributed by atoms with Gasteiger partial charge in [0.25, 0.3) is 0 Å². The molecular formula is C16H21ClN2O. The Labute approximate surface area is 125 Å². The summed E-state index contributed by atoms with van der Waals surface area (Å²) in [4.78, 5) is 13.3. The fourth-order valence-corrected chi connectivity index (χ4v) is 3.66. The number of hydrogen-bond donors (Lipinski definition) is 1. The maximum absolute atomic E-state index is 11.6. The zero-order valence-electron chi connectivity index (χ0n) is 11.9. The summed E-state index contributed by atoms with van der Waals surface area (Å²) >= 11 is 6.69. The van der Waals surface area contributed by atoms with E-state index in [4.69, 9.17) is 11.6 Å². The second kappa shape index (κ2) is 5.65. The first-order chi connectivity index (χ1) is 9.65. The van der Waals surface area contributed by atoms with E-state index in [2.05, 4.69) is 17.4 Å². The molecule has 0 bridgehead atoms. The molecule has 0 saturated heterocycles. The molecule has 0 aromatic heterocycles. The number of urea groups is 1. The van der Waals surface area contributed by atoms with Gasteiger partial charge in [0.1, 0.15) is 0 Å². The fourth-order valence-electron chi connectivity index (χ4n) is 3.27. The summed E-state index contributed by atoms with van der Waals surface area (Å²) in [6.07, 6.45) is 6.43. The van der Waals surface area contributed by atoms with Gasteiger partial charge in [-0.1, -0.05) is 31.4 Å². The van der Waals surface area contributed by atoms with Gasteiger partial charge in [0.05, 0.1) is 5.38 Å². The van der Waals surface area contributed by atoms with E-state index < -0.39 is 0 Å². The van der Waals surface area contributed by atoms with E-state index in [0.717, 1.165) is 11.3 Å². The van der Waals surface area contributed by atoms with Gasteiger partial charge >= 0.3 is 6.03 Å². The Hall–Kier alpha value is -1.22. The van der Waals surface area contributed by atoms with Crippen LogP contribution in [0.3, 0.4) is 0 Å². The summed E-state index contributed by atoms with van der Waals surface area (Å²) in [5, 5.41) is 3.00. The molecule has 1 heterocycles. The van der Waals surface area contributed by atoms with Crippen LogP contribution in [-0.2, 0) is 6.54 Å². The molecule has 1 aliphatic carbocycles. The van der Waals surface area contributed by atoms with E-state index in [0.29, 0.717) is 12.5 Å². The summed E-state index contributed by atoms with van der Waals surface area (Å²) in [5.41, 5.74) is 3.28. The molecule has 0 spiro atoms. The third-order valence-corrected chi connectivity index (χ3v) is 5.12. The summed E-state index contributed by atoms with van der Waals surface area (Å²) < 4.78 is 0. The Bertz CT molecular complexity index is 511. The molecule has 4 heteroatoms. The Morgan fingerprint density at radius 3 is 2.80 bits per heavy atom. The number of carbonyl (C=O) groups excluding carboxylic acids is 1. The van der Waals surface area contributed by atoms with Crippen LogP contribution in [0.4, 0.5) is 10.5 Å². The highest BCUT2D eigenvalue weighted by atomic mass is 35.5. The number of hydrogen-bond acceptors (Lipinski definition) is 1. The van der Waals surface area contributed by atoms with Crippen LogP contribution < -0.4 is 5.32 Å². The normalized spacial score (nSPS) is 21.3. The van der Waals surface area contributed by atoms with Crippen molar-refractivity contribution in [3.63, 3.8) is 0 Å². The van der Waals surface area contributed by atoms with Gasteiger partial charge in [0.2, 0.25) is 0 Å². The average Bonchev–Trinajstić information content (AvgIpc) is 2.48. The lowest BCUT2D eigenvalue weighted by atomic mass is 9.84. The topological polar surface area (TPSA) is 32.3 Å². The number of fused-ring (bicyclic) bond motifs is 1. The quantitative estimate of drug-likeness (QED) is 0.798. The van der Waals surface area contributed by atoms with Gasteiger partial charge in [-0.2, -0.15) is 0 Å². The highest BCUT2D eigenvalue weighted by Crippen LogP contribution is 2.40. The summed E-state index contributed by atoms with van der Waals surface area (Å²) in [6.45, 7) is 0.656. The van der Waals surface area contributed by atoms with E-state index >= 15 is 0 Å². The van der Waals surface area contributed by atoms with Crippen LogP contribution in [0.2, 0.25) is 0 Å². The Balaban J connectivity index is 1.81. The minimum Gasteiger partial charge on any atom is -0.323 e. The van der Waals surface area contributed by atoms with Crippen molar-refractivity contribution in [2.75, 3.05) is 12.4 Å². The van der Waals surface area contributed by atoms with Crippen LogP contribution in [-0.4, -0.2) is 18.0 Å². The molecule has 2 amide bonds. The van der Waals surface area contributed by atoms with Crippen molar-refractivity contribution >= 4 is 23.3 Å². The average molecular weight is 293 g/mol. The van der Waals surface area contributed by atoms with Crippen LogP contribution in [0.15, 0.2) is 18.2 Å². The zero-order chi connectivity index (χ0) is 14.1. The van der Waals surface area contributed by atoms with Crippen LogP contribution >= 0.6 is 11.6 Å². The van der Waals surface area contributed by atoms with E-state index in [1.165, 1.54) is 37.7 Å².